The Morgan fingerprint density at radius 1 is 1.29 bits per heavy atom. The molecule has 0 saturated heterocycles. The predicted octanol–water partition coefficient (Wildman–Crippen LogP) is 2.14. The normalized spacial score (nSPS) is 14.2. The van der Waals surface area contributed by atoms with Gasteiger partial charge in [0.2, 0.25) is 0 Å². The lowest BCUT2D eigenvalue weighted by Crippen LogP contribution is -3.07. The first-order valence-electron chi connectivity index (χ1n) is 7.75. The molecule has 0 aliphatic rings. The Hall–Kier alpha value is -2.09. The third kappa shape index (κ3) is 2.75. The summed E-state index contributed by atoms with van der Waals surface area (Å²) in [5, 5.41) is 3.00. The highest BCUT2D eigenvalue weighted by molar-refractivity contribution is 7.18. The van der Waals surface area contributed by atoms with Gasteiger partial charge in [-0.15, -0.1) is 22.7 Å². The number of benzene rings is 1. The third-order valence-corrected chi connectivity index (χ3v) is 6.21. The van der Waals surface area contributed by atoms with Gasteiger partial charge >= 0.3 is 0 Å². The summed E-state index contributed by atoms with van der Waals surface area (Å²) in [4.78, 5) is 23.5. The molecule has 0 aliphatic carbocycles. The van der Waals surface area contributed by atoms with Crippen LogP contribution in [0.3, 0.4) is 0 Å². The first kappa shape index (κ1) is 15.4. The standard InChI is InChI=1S/C17H16N4OS2/c1-11(16-19-13-5-3-4-6-14(13)24-16)20(2)10-12-9-15(22)21-7-8-23-17(21)18-12/h3-9,11H,10H2,1-2H3/p+1/t11-/m0/s1. The van der Waals surface area contributed by atoms with Gasteiger partial charge in [0.25, 0.3) is 5.56 Å². The molecule has 0 spiro atoms. The van der Waals surface area contributed by atoms with Crippen LogP contribution in [-0.2, 0) is 6.54 Å². The molecule has 4 rings (SSSR count). The van der Waals surface area contributed by atoms with Crippen LogP contribution in [-0.4, -0.2) is 21.4 Å². The Labute approximate surface area is 146 Å². The van der Waals surface area contributed by atoms with Crippen molar-refractivity contribution in [2.24, 2.45) is 0 Å². The molecule has 2 atom stereocenters. The zero-order valence-corrected chi connectivity index (χ0v) is 15.0. The van der Waals surface area contributed by atoms with Crippen LogP contribution in [0.4, 0.5) is 0 Å². The van der Waals surface area contributed by atoms with Gasteiger partial charge in [0.05, 0.1) is 17.3 Å². The second-order valence-electron chi connectivity index (χ2n) is 5.91. The van der Waals surface area contributed by atoms with Crippen molar-refractivity contribution in [1.29, 1.82) is 0 Å². The van der Waals surface area contributed by atoms with Crippen LogP contribution >= 0.6 is 22.7 Å². The molecule has 4 aromatic rings. The lowest BCUT2D eigenvalue weighted by atomic mass is 10.3. The molecular weight excluding hydrogens is 340 g/mol. The largest absolute Gasteiger partial charge is 0.324 e. The Morgan fingerprint density at radius 3 is 2.96 bits per heavy atom. The van der Waals surface area contributed by atoms with Crippen molar-refractivity contribution in [3.05, 3.63) is 63.0 Å². The van der Waals surface area contributed by atoms with Crippen LogP contribution in [0.1, 0.15) is 23.7 Å². The van der Waals surface area contributed by atoms with Gasteiger partial charge in [-0.05, 0) is 19.1 Å². The van der Waals surface area contributed by atoms with E-state index in [0.717, 1.165) is 21.2 Å². The topological polar surface area (TPSA) is 51.7 Å². The fourth-order valence-electron chi connectivity index (χ4n) is 2.70. The van der Waals surface area contributed by atoms with Crippen molar-refractivity contribution < 1.29 is 4.90 Å². The molecule has 24 heavy (non-hydrogen) atoms. The SMILES string of the molecule is C[C@@H](c1nc2ccccc2s1)[NH+](C)Cc1cc(=O)n2ccsc2n1. The maximum atomic E-state index is 12.1. The Balaban J connectivity index is 1.59. The van der Waals surface area contributed by atoms with E-state index in [1.807, 2.05) is 23.6 Å². The molecule has 0 saturated carbocycles. The van der Waals surface area contributed by atoms with Crippen molar-refractivity contribution >= 4 is 37.9 Å². The maximum Gasteiger partial charge on any atom is 0.258 e. The third-order valence-electron chi connectivity index (χ3n) is 4.24. The summed E-state index contributed by atoms with van der Waals surface area (Å²) in [6, 6.07) is 10.1. The highest BCUT2D eigenvalue weighted by atomic mass is 32.1. The number of hydrogen-bond acceptors (Lipinski definition) is 5. The van der Waals surface area contributed by atoms with Gasteiger partial charge in [0.15, 0.2) is 9.97 Å². The minimum Gasteiger partial charge on any atom is -0.324 e. The molecular formula is C17H17N4OS2+. The molecule has 3 heterocycles. The van der Waals surface area contributed by atoms with E-state index in [0.29, 0.717) is 6.54 Å². The van der Waals surface area contributed by atoms with Crippen LogP contribution in [0.5, 0.6) is 0 Å². The van der Waals surface area contributed by atoms with Gasteiger partial charge in [0.1, 0.15) is 18.3 Å². The molecule has 1 N–H and O–H groups in total. The minimum absolute atomic E-state index is 0.0170. The van der Waals surface area contributed by atoms with E-state index in [1.165, 1.54) is 20.9 Å². The van der Waals surface area contributed by atoms with Crippen LogP contribution < -0.4 is 10.5 Å². The first-order chi connectivity index (χ1) is 11.6. The average Bonchev–Trinajstić information content (AvgIpc) is 3.20. The fourth-order valence-corrected chi connectivity index (χ4v) is 4.55. The first-order valence-corrected chi connectivity index (χ1v) is 9.45. The molecule has 0 bridgehead atoms. The van der Waals surface area contributed by atoms with Crippen molar-refractivity contribution in [3.63, 3.8) is 0 Å². The molecule has 0 amide bonds. The number of para-hydroxylation sites is 1. The Bertz CT molecular complexity index is 1030. The van der Waals surface area contributed by atoms with E-state index in [-0.39, 0.29) is 11.6 Å². The molecule has 1 unspecified atom stereocenters. The van der Waals surface area contributed by atoms with E-state index < -0.39 is 0 Å². The van der Waals surface area contributed by atoms with Crippen LogP contribution in [0.25, 0.3) is 15.2 Å². The summed E-state index contributed by atoms with van der Waals surface area (Å²) < 4.78 is 2.80. The van der Waals surface area contributed by atoms with Gasteiger partial charge in [0, 0.05) is 17.6 Å². The summed E-state index contributed by atoms with van der Waals surface area (Å²) in [5.74, 6) is 0. The van der Waals surface area contributed by atoms with Gasteiger partial charge in [-0.25, -0.2) is 9.97 Å². The van der Waals surface area contributed by atoms with Crippen LogP contribution in [0.2, 0.25) is 0 Å². The summed E-state index contributed by atoms with van der Waals surface area (Å²) >= 11 is 3.22. The number of rotatable bonds is 4. The molecule has 0 fully saturated rings. The minimum atomic E-state index is -0.0170. The van der Waals surface area contributed by atoms with Gasteiger partial charge in [-0.3, -0.25) is 9.20 Å². The van der Waals surface area contributed by atoms with Gasteiger partial charge in [-0.2, -0.15) is 0 Å². The molecule has 1 aromatic carbocycles. The number of nitrogens with zero attached hydrogens (tertiary/aromatic N) is 3. The van der Waals surface area contributed by atoms with E-state index in [2.05, 4.69) is 25.0 Å². The van der Waals surface area contributed by atoms with E-state index >= 15 is 0 Å². The Morgan fingerprint density at radius 2 is 2.12 bits per heavy atom. The Kier molecular flexibility index (Phi) is 3.91. The molecule has 122 valence electrons. The number of aromatic nitrogens is 3. The summed E-state index contributed by atoms with van der Waals surface area (Å²) in [6.07, 6.45) is 1.76. The van der Waals surface area contributed by atoms with E-state index in [1.54, 1.807) is 28.0 Å². The van der Waals surface area contributed by atoms with E-state index in [9.17, 15) is 4.79 Å². The lowest BCUT2D eigenvalue weighted by molar-refractivity contribution is -0.924. The predicted molar refractivity (Wildman–Crippen MR) is 98.0 cm³/mol. The zero-order chi connectivity index (χ0) is 16.7. The van der Waals surface area contributed by atoms with Gasteiger partial charge < -0.3 is 4.90 Å². The van der Waals surface area contributed by atoms with Crippen molar-refractivity contribution in [2.45, 2.75) is 19.5 Å². The monoisotopic (exact) mass is 357 g/mol. The lowest BCUT2D eigenvalue weighted by Gasteiger charge is -2.19. The molecule has 3 aromatic heterocycles. The fraction of sp³-hybridized carbons (Fsp3) is 0.235. The quantitative estimate of drug-likeness (QED) is 0.609. The molecule has 0 radical (unpaired) electrons. The highest BCUT2D eigenvalue weighted by Gasteiger charge is 2.20. The molecule has 0 aliphatic heterocycles. The summed E-state index contributed by atoms with van der Waals surface area (Å²) in [6.45, 7) is 2.87. The number of hydrogen-bond donors (Lipinski definition) is 1. The number of thiazole rings is 2. The van der Waals surface area contributed by atoms with E-state index in [4.69, 9.17) is 4.98 Å². The molecule has 7 heteroatoms. The average molecular weight is 357 g/mol. The zero-order valence-electron chi connectivity index (χ0n) is 13.4. The highest BCUT2D eigenvalue weighted by Crippen LogP contribution is 2.24. The van der Waals surface area contributed by atoms with Crippen molar-refractivity contribution in [3.8, 4) is 0 Å². The van der Waals surface area contributed by atoms with Gasteiger partial charge in [-0.1, -0.05) is 12.1 Å². The van der Waals surface area contributed by atoms with Crippen molar-refractivity contribution in [2.75, 3.05) is 7.05 Å². The number of quaternary nitrogens is 1. The second kappa shape index (κ2) is 6.08. The summed E-state index contributed by atoms with van der Waals surface area (Å²) in [5.41, 5.74) is 1.86. The smallest absolute Gasteiger partial charge is 0.258 e. The number of nitrogens with one attached hydrogen (secondary N) is 1. The molecule has 5 nitrogen and oxygen atoms in total. The number of fused-ring (bicyclic) bond motifs is 2. The van der Waals surface area contributed by atoms with Crippen molar-refractivity contribution in [1.82, 2.24) is 14.4 Å². The van der Waals surface area contributed by atoms with Crippen LogP contribution in [0.15, 0.2) is 46.7 Å². The van der Waals surface area contributed by atoms with Crippen LogP contribution in [0, 0.1) is 0 Å². The maximum absolute atomic E-state index is 12.1. The second-order valence-corrected chi connectivity index (χ2v) is 7.84. The summed E-state index contributed by atoms with van der Waals surface area (Å²) in [7, 11) is 2.12.